The van der Waals surface area contributed by atoms with Crippen molar-refractivity contribution in [1.82, 2.24) is 0 Å². The number of para-hydroxylation sites is 1. The van der Waals surface area contributed by atoms with Gasteiger partial charge in [0.25, 0.3) is 0 Å². The first-order valence-corrected chi connectivity index (χ1v) is 6.07. The van der Waals surface area contributed by atoms with E-state index in [1.54, 1.807) is 12.1 Å². The maximum atomic E-state index is 12.2. The molecule has 1 unspecified atom stereocenters. The molecule has 0 aliphatic carbocycles. The zero-order chi connectivity index (χ0) is 14.0. The third-order valence-electron chi connectivity index (χ3n) is 3.10. The van der Waals surface area contributed by atoms with Crippen molar-refractivity contribution in [3.8, 4) is 0 Å². The molecule has 0 saturated carbocycles. The van der Waals surface area contributed by atoms with E-state index in [9.17, 15) is 18.0 Å². The summed E-state index contributed by atoms with van der Waals surface area (Å²) in [6.07, 6.45) is -5.31. The molecule has 19 heavy (non-hydrogen) atoms. The lowest BCUT2D eigenvalue weighted by atomic mass is 9.98. The zero-order valence-corrected chi connectivity index (χ0v) is 10.3. The minimum atomic E-state index is -4.31. The predicted molar refractivity (Wildman–Crippen MR) is 65.8 cm³/mol. The van der Waals surface area contributed by atoms with E-state index in [4.69, 9.17) is 5.73 Å². The molecule has 2 N–H and O–H groups in total. The first-order chi connectivity index (χ1) is 8.87. The number of benzene rings is 1. The van der Waals surface area contributed by atoms with Gasteiger partial charge in [0.05, 0.1) is 6.42 Å². The number of fused-ring (bicyclic) bond motifs is 1. The molecule has 0 saturated heterocycles. The van der Waals surface area contributed by atoms with E-state index < -0.39 is 24.9 Å². The molecule has 1 aliphatic heterocycles. The summed E-state index contributed by atoms with van der Waals surface area (Å²) in [6.45, 7) is 0.272. The number of nitrogens with zero attached hydrogens (tertiary/aromatic N) is 1. The molecule has 0 fully saturated rings. The minimum absolute atomic E-state index is 0.232. The molecule has 3 nitrogen and oxygen atoms in total. The molecule has 1 aliphatic rings. The molecule has 0 radical (unpaired) electrons. The van der Waals surface area contributed by atoms with Crippen LogP contribution in [0, 0.1) is 0 Å². The number of hydrogen-bond acceptors (Lipinski definition) is 2. The lowest BCUT2D eigenvalue weighted by Crippen LogP contribution is -2.46. The van der Waals surface area contributed by atoms with Crippen molar-refractivity contribution in [1.29, 1.82) is 0 Å². The van der Waals surface area contributed by atoms with Crippen molar-refractivity contribution >= 4 is 11.6 Å². The van der Waals surface area contributed by atoms with Crippen LogP contribution in [0.2, 0.25) is 0 Å². The van der Waals surface area contributed by atoms with Crippen LogP contribution in [0.3, 0.4) is 0 Å². The Kier molecular flexibility index (Phi) is 3.80. The molecule has 1 heterocycles. The van der Waals surface area contributed by atoms with Crippen molar-refractivity contribution in [3.05, 3.63) is 29.8 Å². The van der Waals surface area contributed by atoms with Crippen LogP contribution in [0.4, 0.5) is 18.9 Å². The molecule has 2 rings (SSSR count). The fraction of sp³-hybridized carbons (Fsp3) is 0.462. The van der Waals surface area contributed by atoms with Crippen molar-refractivity contribution < 1.29 is 18.0 Å². The van der Waals surface area contributed by atoms with Gasteiger partial charge in [-0.3, -0.25) is 4.79 Å². The Labute approximate surface area is 109 Å². The van der Waals surface area contributed by atoms with Gasteiger partial charge in [0.15, 0.2) is 0 Å². The molecule has 6 heteroatoms. The van der Waals surface area contributed by atoms with E-state index in [0.29, 0.717) is 12.1 Å². The third-order valence-corrected chi connectivity index (χ3v) is 3.10. The van der Waals surface area contributed by atoms with Crippen LogP contribution in [-0.4, -0.2) is 24.7 Å². The van der Waals surface area contributed by atoms with Gasteiger partial charge in [-0.1, -0.05) is 18.2 Å². The molecule has 0 bridgehead atoms. The lowest BCUT2D eigenvalue weighted by molar-refractivity contribution is -0.143. The number of carbonyl (C=O) groups is 1. The van der Waals surface area contributed by atoms with Crippen molar-refractivity contribution in [2.24, 2.45) is 5.73 Å². The Morgan fingerprint density at radius 2 is 2.05 bits per heavy atom. The largest absolute Gasteiger partial charge is 0.389 e. The van der Waals surface area contributed by atoms with E-state index >= 15 is 0 Å². The quantitative estimate of drug-likeness (QED) is 0.897. The highest BCUT2D eigenvalue weighted by Gasteiger charge is 2.31. The number of amides is 1. The first-order valence-electron chi connectivity index (χ1n) is 6.07. The molecule has 0 spiro atoms. The molecular formula is C13H15F3N2O. The molecule has 104 valence electrons. The van der Waals surface area contributed by atoms with Crippen LogP contribution in [0.15, 0.2) is 24.3 Å². The second kappa shape index (κ2) is 5.21. The van der Waals surface area contributed by atoms with Crippen LogP contribution < -0.4 is 10.6 Å². The summed E-state index contributed by atoms with van der Waals surface area (Å²) in [6, 6.07) is 6.95. The average molecular weight is 272 g/mol. The SMILES string of the molecule is NC1Cc2ccccc2N(C(=O)CCC(F)(F)F)C1. The van der Waals surface area contributed by atoms with Gasteiger partial charge in [0, 0.05) is 24.7 Å². The second-order valence-electron chi connectivity index (χ2n) is 4.71. The Balaban J connectivity index is 2.14. The number of anilines is 1. The number of nitrogens with two attached hydrogens (primary N) is 1. The highest BCUT2D eigenvalue weighted by Crippen LogP contribution is 2.28. The Morgan fingerprint density at radius 3 is 2.74 bits per heavy atom. The summed E-state index contributed by atoms with van der Waals surface area (Å²) in [5.41, 5.74) is 7.43. The van der Waals surface area contributed by atoms with Crippen molar-refractivity contribution in [3.63, 3.8) is 0 Å². The van der Waals surface area contributed by atoms with Crippen molar-refractivity contribution in [2.45, 2.75) is 31.5 Å². The second-order valence-corrected chi connectivity index (χ2v) is 4.71. The molecular weight excluding hydrogens is 257 g/mol. The Hall–Kier alpha value is -1.56. The van der Waals surface area contributed by atoms with Gasteiger partial charge >= 0.3 is 6.18 Å². The molecule has 1 amide bonds. The van der Waals surface area contributed by atoms with Crippen LogP contribution in [0.5, 0.6) is 0 Å². The predicted octanol–water partition coefficient (Wildman–Crippen LogP) is 2.25. The van der Waals surface area contributed by atoms with Gasteiger partial charge in [-0.05, 0) is 18.1 Å². The molecule has 1 aromatic rings. The van der Waals surface area contributed by atoms with Crippen LogP contribution in [-0.2, 0) is 11.2 Å². The maximum Gasteiger partial charge on any atom is 0.389 e. The Bertz CT molecular complexity index is 473. The van der Waals surface area contributed by atoms with Gasteiger partial charge in [0.1, 0.15) is 0 Å². The fourth-order valence-corrected chi connectivity index (χ4v) is 2.25. The first kappa shape index (κ1) is 13.9. The monoisotopic (exact) mass is 272 g/mol. The van der Waals surface area contributed by atoms with Gasteiger partial charge in [-0.15, -0.1) is 0 Å². The summed E-state index contributed by atoms with van der Waals surface area (Å²) in [5.74, 6) is -0.528. The number of halogens is 3. The van der Waals surface area contributed by atoms with Crippen LogP contribution in [0.1, 0.15) is 18.4 Å². The molecule has 1 aromatic carbocycles. The standard InChI is InChI=1S/C13H15F3N2O/c14-13(15,16)6-5-12(19)18-8-10(17)7-9-3-1-2-4-11(9)18/h1-4,10H,5-8,17H2. The number of rotatable bonds is 2. The normalized spacial score (nSPS) is 19.2. The third kappa shape index (κ3) is 3.47. The van der Waals surface area contributed by atoms with Crippen LogP contribution >= 0.6 is 0 Å². The van der Waals surface area contributed by atoms with E-state index in [-0.39, 0.29) is 12.6 Å². The maximum absolute atomic E-state index is 12.2. The van der Waals surface area contributed by atoms with E-state index in [2.05, 4.69) is 0 Å². The van der Waals surface area contributed by atoms with E-state index in [1.165, 1.54) is 4.90 Å². The highest BCUT2D eigenvalue weighted by atomic mass is 19.4. The number of hydrogen-bond donors (Lipinski definition) is 1. The van der Waals surface area contributed by atoms with Gasteiger partial charge < -0.3 is 10.6 Å². The average Bonchev–Trinajstić information content (AvgIpc) is 2.34. The molecule has 1 atom stereocenters. The summed E-state index contributed by atoms with van der Waals surface area (Å²) < 4.78 is 36.5. The zero-order valence-electron chi connectivity index (χ0n) is 10.3. The topological polar surface area (TPSA) is 46.3 Å². The van der Waals surface area contributed by atoms with E-state index in [0.717, 1.165) is 5.56 Å². The fourth-order valence-electron chi connectivity index (χ4n) is 2.25. The summed E-state index contributed by atoms with van der Waals surface area (Å²) >= 11 is 0. The Morgan fingerprint density at radius 1 is 1.37 bits per heavy atom. The summed E-state index contributed by atoms with van der Waals surface area (Å²) in [5, 5.41) is 0. The van der Waals surface area contributed by atoms with Crippen molar-refractivity contribution in [2.75, 3.05) is 11.4 Å². The summed E-state index contributed by atoms with van der Waals surface area (Å²) in [7, 11) is 0. The summed E-state index contributed by atoms with van der Waals surface area (Å²) in [4.78, 5) is 13.3. The molecule has 0 aromatic heterocycles. The smallest absolute Gasteiger partial charge is 0.326 e. The van der Waals surface area contributed by atoms with Crippen LogP contribution in [0.25, 0.3) is 0 Å². The lowest BCUT2D eigenvalue weighted by Gasteiger charge is -2.33. The van der Waals surface area contributed by atoms with Gasteiger partial charge in [-0.25, -0.2) is 0 Å². The van der Waals surface area contributed by atoms with Gasteiger partial charge in [-0.2, -0.15) is 13.2 Å². The highest BCUT2D eigenvalue weighted by molar-refractivity contribution is 5.94. The van der Waals surface area contributed by atoms with Gasteiger partial charge in [0.2, 0.25) is 5.91 Å². The number of carbonyl (C=O) groups excluding carboxylic acids is 1. The minimum Gasteiger partial charge on any atom is -0.326 e. The van der Waals surface area contributed by atoms with E-state index in [1.807, 2.05) is 12.1 Å². The number of alkyl halides is 3.